The number of hydrogen-bond acceptors (Lipinski definition) is 4. The summed E-state index contributed by atoms with van der Waals surface area (Å²) in [5, 5.41) is 0. The lowest BCUT2D eigenvalue weighted by Gasteiger charge is -2.16. The molecule has 0 spiro atoms. The van der Waals surface area contributed by atoms with Crippen LogP contribution in [0.5, 0.6) is 0 Å². The molecule has 4 heteroatoms. The summed E-state index contributed by atoms with van der Waals surface area (Å²) in [6.07, 6.45) is 0.0695. The van der Waals surface area contributed by atoms with Crippen molar-refractivity contribution < 1.29 is 18.9 Å². The summed E-state index contributed by atoms with van der Waals surface area (Å²) in [6.45, 7) is 1.16. The van der Waals surface area contributed by atoms with Gasteiger partial charge in [0, 0.05) is 7.11 Å². The van der Waals surface area contributed by atoms with Crippen molar-refractivity contribution in [2.75, 3.05) is 13.7 Å². The molecule has 0 unspecified atom stereocenters. The Bertz CT molecular complexity index is 367. The third-order valence-corrected chi connectivity index (χ3v) is 3.13. The Morgan fingerprint density at radius 3 is 2.65 bits per heavy atom. The Morgan fingerprint density at radius 1 is 1.12 bits per heavy atom. The fourth-order valence-corrected chi connectivity index (χ4v) is 2.17. The monoisotopic (exact) mass is 236 g/mol. The highest BCUT2D eigenvalue weighted by Gasteiger charge is 2.58. The molecule has 2 aliphatic rings. The lowest BCUT2D eigenvalue weighted by Crippen LogP contribution is -2.25. The van der Waals surface area contributed by atoms with Gasteiger partial charge in [0.05, 0.1) is 13.2 Å². The van der Waals surface area contributed by atoms with E-state index < -0.39 is 0 Å². The normalized spacial score (nSPS) is 34.6. The van der Waals surface area contributed by atoms with Gasteiger partial charge in [0.15, 0.2) is 6.29 Å². The van der Waals surface area contributed by atoms with Crippen molar-refractivity contribution in [2.24, 2.45) is 0 Å². The quantitative estimate of drug-likeness (QED) is 0.723. The molecule has 4 atom stereocenters. The minimum absolute atomic E-state index is 0.00802. The fraction of sp³-hybridized carbons (Fsp3) is 0.538. The Balaban J connectivity index is 1.44. The van der Waals surface area contributed by atoms with Gasteiger partial charge in [0.25, 0.3) is 0 Å². The second-order valence-electron chi connectivity index (χ2n) is 4.34. The van der Waals surface area contributed by atoms with E-state index in [4.69, 9.17) is 18.9 Å². The predicted octanol–water partition coefficient (Wildman–Crippen LogP) is 1.34. The van der Waals surface area contributed by atoms with Gasteiger partial charge < -0.3 is 18.9 Å². The molecule has 0 aromatic heterocycles. The molecular weight excluding hydrogens is 220 g/mol. The molecule has 0 bridgehead atoms. The molecule has 4 nitrogen and oxygen atoms in total. The van der Waals surface area contributed by atoms with Crippen LogP contribution >= 0.6 is 0 Å². The topological polar surface area (TPSA) is 40.2 Å². The van der Waals surface area contributed by atoms with E-state index in [1.807, 2.05) is 30.3 Å². The van der Waals surface area contributed by atoms with Crippen molar-refractivity contribution in [2.45, 2.75) is 31.2 Å². The second kappa shape index (κ2) is 4.74. The summed E-state index contributed by atoms with van der Waals surface area (Å²) in [7, 11) is 1.64. The summed E-state index contributed by atoms with van der Waals surface area (Å²) in [6, 6.07) is 10.1. The first kappa shape index (κ1) is 11.2. The van der Waals surface area contributed by atoms with Gasteiger partial charge >= 0.3 is 0 Å². The van der Waals surface area contributed by atoms with E-state index in [9.17, 15) is 0 Å². The number of methoxy groups -OCH3 is 1. The van der Waals surface area contributed by atoms with Gasteiger partial charge in [-0.1, -0.05) is 30.3 Å². The largest absolute Gasteiger partial charge is 0.374 e. The minimum Gasteiger partial charge on any atom is -0.374 e. The number of ether oxygens (including phenoxy) is 4. The first-order valence-corrected chi connectivity index (χ1v) is 5.84. The average molecular weight is 236 g/mol. The number of hydrogen-bond donors (Lipinski definition) is 0. The van der Waals surface area contributed by atoms with E-state index in [-0.39, 0.29) is 24.6 Å². The van der Waals surface area contributed by atoms with Crippen LogP contribution in [-0.2, 0) is 25.6 Å². The highest BCUT2D eigenvalue weighted by atomic mass is 16.8. The van der Waals surface area contributed by atoms with E-state index >= 15 is 0 Å². The summed E-state index contributed by atoms with van der Waals surface area (Å²) < 4.78 is 21.9. The highest BCUT2D eigenvalue weighted by Crippen LogP contribution is 2.39. The van der Waals surface area contributed by atoms with Crippen LogP contribution in [0.2, 0.25) is 0 Å². The summed E-state index contributed by atoms with van der Waals surface area (Å²) in [5.74, 6) is 0. The molecule has 2 aliphatic heterocycles. The van der Waals surface area contributed by atoms with Crippen LogP contribution in [-0.4, -0.2) is 38.3 Å². The second-order valence-corrected chi connectivity index (χ2v) is 4.34. The van der Waals surface area contributed by atoms with Crippen LogP contribution in [0.15, 0.2) is 30.3 Å². The number of fused-ring (bicyclic) bond motifs is 1. The van der Waals surface area contributed by atoms with E-state index in [0.29, 0.717) is 13.2 Å². The predicted molar refractivity (Wildman–Crippen MR) is 60.4 cm³/mol. The van der Waals surface area contributed by atoms with Crippen molar-refractivity contribution in [1.82, 2.24) is 0 Å². The van der Waals surface area contributed by atoms with Crippen LogP contribution in [0.4, 0.5) is 0 Å². The molecule has 2 heterocycles. The number of epoxide rings is 1. The maximum absolute atomic E-state index is 5.64. The average Bonchev–Trinajstić information content (AvgIpc) is 3.09. The third-order valence-electron chi connectivity index (χ3n) is 3.13. The minimum atomic E-state index is -0.217. The molecule has 3 rings (SSSR count). The smallest absolute Gasteiger partial charge is 0.186 e. The van der Waals surface area contributed by atoms with E-state index in [1.54, 1.807) is 7.11 Å². The molecule has 2 fully saturated rings. The first-order chi connectivity index (χ1) is 8.38. The Hall–Kier alpha value is -0.940. The number of rotatable bonds is 5. The maximum Gasteiger partial charge on any atom is 0.186 e. The lowest BCUT2D eigenvalue weighted by molar-refractivity contribution is -0.171. The molecule has 0 amide bonds. The van der Waals surface area contributed by atoms with E-state index in [2.05, 4.69) is 0 Å². The molecule has 92 valence electrons. The van der Waals surface area contributed by atoms with Crippen LogP contribution in [0.3, 0.4) is 0 Å². The van der Waals surface area contributed by atoms with Crippen molar-refractivity contribution >= 4 is 0 Å². The van der Waals surface area contributed by atoms with Crippen molar-refractivity contribution in [1.29, 1.82) is 0 Å². The molecule has 0 aliphatic carbocycles. The molecular formula is C13H16O4. The van der Waals surface area contributed by atoms with Gasteiger partial charge in [-0.25, -0.2) is 0 Å². The van der Waals surface area contributed by atoms with Crippen LogP contribution < -0.4 is 0 Å². The fourth-order valence-electron chi connectivity index (χ4n) is 2.17. The van der Waals surface area contributed by atoms with E-state index in [0.717, 1.165) is 0 Å². The van der Waals surface area contributed by atoms with Crippen molar-refractivity contribution in [3.05, 3.63) is 35.9 Å². The van der Waals surface area contributed by atoms with Crippen LogP contribution in [0, 0.1) is 0 Å². The zero-order chi connectivity index (χ0) is 11.7. The molecule has 1 aromatic rings. The van der Waals surface area contributed by atoms with Gasteiger partial charge in [-0.05, 0) is 5.56 Å². The zero-order valence-electron chi connectivity index (χ0n) is 9.74. The van der Waals surface area contributed by atoms with Crippen molar-refractivity contribution in [3.8, 4) is 0 Å². The molecule has 17 heavy (non-hydrogen) atoms. The zero-order valence-corrected chi connectivity index (χ0v) is 9.74. The number of benzene rings is 1. The van der Waals surface area contributed by atoms with Gasteiger partial charge in [-0.2, -0.15) is 0 Å². The molecule has 0 radical (unpaired) electrons. The van der Waals surface area contributed by atoms with Gasteiger partial charge in [-0.3, -0.25) is 0 Å². The van der Waals surface area contributed by atoms with E-state index in [1.165, 1.54) is 5.56 Å². The standard InChI is InChI=1S/C13H16O4/c1-14-13-12-11(17-12)10(16-13)8-15-7-9-5-3-2-4-6-9/h2-6,10-13H,7-8H2,1H3/t10-,11+,12+,13-/m1/s1. The SMILES string of the molecule is CO[C@@H]1O[C@H](COCc2ccccc2)[C@@H]2O[C@H]12. The Labute approximate surface area is 100 Å². The molecule has 0 N–H and O–H groups in total. The van der Waals surface area contributed by atoms with Crippen LogP contribution in [0.25, 0.3) is 0 Å². The van der Waals surface area contributed by atoms with Gasteiger partial charge in [0.2, 0.25) is 0 Å². The molecule has 0 saturated carbocycles. The summed E-state index contributed by atoms with van der Waals surface area (Å²) >= 11 is 0. The first-order valence-electron chi connectivity index (χ1n) is 5.84. The van der Waals surface area contributed by atoms with Crippen LogP contribution in [0.1, 0.15) is 5.56 Å². The summed E-state index contributed by atoms with van der Waals surface area (Å²) in [4.78, 5) is 0. The molecule has 1 aromatic carbocycles. The Kier molecular flexibility index (Phi) is 3.11. The molecule has 2 saturated heterocycles. The Morgan fingerprint density at radius 2 is 1.94 bits per heavy atom. The lowest BCUT2D eigenvalue weighted by atomic mass is 10.2. The maximum atomic E-state index is 5.64. The third kappa shape index (κ3) is 2.35. The highest BCUT2D eigenvalue weighted by molar-refractivity contribution is 5.13. The van der Waals surface area contributed by atoms with Gasteiger partial charge in [-0.15, -0.1) is 0 Å². The van der Waals surface area contributed by atoms with Crippen molar-refractivity contribution in [3.63, 3.8) is 0 Å². The summed E-state index contributed by atoms with van der Waals surface area (Å²) in [5.41, 5.74) is 1.17. The van der Waals surface area contributed by atoms with Gasteiger partial charge in [0.1, 0.15) is 18.3 Å².